The number of amides is 1. The summed E-state index contributed by atoms with van der Waals surface area (Å²) in [6.45, 7) is 2.36. The fraction of sp³-hybridized carbons (Fsp3) is 0.333. The maximum Gasteiger partial charge on any atom is 0.341 e. The van der Waals surface area contributed by atoms with E-state index in [0.29, 0.717) is 17.2 Å². The number of anilines is 1. The van der Waals surface area contributed by atoms with Gasteiger partial charge in [0.05, 0.1) is 12.2 Å². The van der Waals surface area contributed by atoms with Crippen molar-refractivity contribution in [2.24, 2.45) is 0 Å². The summed E-state index contributed by atoms with van der Waals surface area (Å²) in [4.78, 5) is 28.8. The lowest BCUT2D eigenvalue weighted by molar-refractivity contribution is -0.115. The number of thiophene rings is 1. The number of hydrogen-bond donors (Lipinski definition) is 1. The molecule has 4 rings (SSSR count). The van der Waals surface area contributed by atoms with Crippen LogP contribution < -0.4 is 5.32 Å². The molecule has 172 valence electrons. The van der Waals surface area contributed by atoms with Crippen LogP contribution >= 0.6 is 23.1 Å². The highest BCUT2D eigenvalue weighted by molar-refractivity contribution is 8.00. The van der Waals surface area contributed by atoms with Crippen LogP contribution in [0.3, 0.4) is 0 Å². The van der Waals surface area contributed by atoms with E-state index in [9.17, 15) is 9.59 Å². The fourth-order valence-corrected chi connectivity index (χ4v) is 6.35. The number of esters is 1. The zero-order valence-corrected chi connectivity index (χ0v) is 20.5. The Morgan fingerprint density at radius 2 is 1.70 bits per heavy atom. The average molecular weight is 480 g/mol. The lowest BCUT2D eigenvalue weighted by Gasteiger charge is -2.17. The summed E-state index contributed by atoms with van der Waals surface area (Å²) in [5.74, 6) is -0.450. The molecule has 2 aromatic carbocycles. The molecule has 0 saturated heterocycles. The SMILES string of the molecule is CCCOC(=O)c1c(NC(=O)[C@H](Sc2ccccc2)c2ccccc2)sc2c1CCCCC2. The molecule has 33 heavy (non-hydrogen) atoms. The Bertz CT molecular complexity index is 1080. The summed E-state index contributed by atoms with van der Waals surface area (Å²) >= 11 is 3.05. The van der Waals surface area contributed by atoms with Gasteiger partial charge in [0.2, 0.25) is 5.91 Å². The summed E-state index contributed by atoms with van der Waals surface area (Å²) < 4.78 is 5.52. The van der Waals surface area contributed by atoms with Gasteiger partial charge in [0, 0.05) is 9.77 Å². The van der Waals surface area contributed by atoms with Gasteiger partial charge < -0.3 is 10.1 Å². The van der Waals surface area contributed by atoms with E-state index in [1.54, 1.807) is 11.3 Å². The number of rotatable bonds is 8. The molecule has 1 aliphatic rings. The minimum atomic E-state index is -0.435. The quantitative estimate of drug-likeness (QED) is 0.214. The summed E-state index contributed by atoms with van der Waals surface area (Å²) in [7, 11) is 0. The Morgan fingerprint density at radius 1 is 1.00 bits per heavy atom. The summed E-state index contributed by atoms with van der Waals surface area (Å²) in [5, 5.41) is 3.31. The first kappa shape index (κ1) is 23.6. The van der Waals surface area contributed by atoms with Gasteiger partial charge in [0.1, 0.15) is 10.3 Å². The molecule has 4 nitrogen and oxygen atoms in total. The van der Waals surface area contributed by atoms with Gasteiger partial charge in [-0.15, -0.1) is 23.1 Å². The number of aryl methyl sites for hydroxylation is 1. The number of ether oxygens (including phenoxy) is 1. The van der Waals surface area contributed by atoms with E-state index >= 15 is 0 Å². The van der Waals surface area contributed by atoms with E-state index in [-0.39, 0.29) is 11.9 Å². The molecule has 1 aliphatic carbocycles. The monoisotopic (exact) mass is 479 g/mol. The van der Waals surface area contributed by atoms with Gasteiger partial charge in [0.25, 0.3) is 0 Å². The van der Waals surface area contributed by atoms with Crippen LogP contribution in [-0.4, -0.2) is 18.5 Å². The second kappa shape index (κ2) is 11.5. The molecule has 0 fully saturated rings. The predicted octanol–water partition coefficient (Wildman–Crippen LogP) is 7.06. The normalized spacial score (nSPS) is 14.1. The second-order valence-corrected chi connectivity index (χ2v) is 10.4. The lowest BCUT2D eigenvalue weighted by atomic mass is 10.1. The first-order valence-electron chi connectivity index (χ1n) is 11.6. The van der Waals surface area contributed by atoms with Gasteiger partial charge in [-0.05, 0) is 55.4 Å². The van der Waals surface area contributed by atoms with Crippen LogP contribution in [0, 0.1) is 0 Å². The highest BCUT2D eigenvalue weighted by atomic mass is 32.2. The number of carbonyl (C=O) groups excluding carboxylic acids is 2. The van der Waals surface area contributed by atoms with Crippen molar-refractivity contribution < 1.29 is 14.3 Å². The highest BCUT2D eigenvalue weighted by Crippen LogP contribution is 2.41. The van der Waals surface area contributed by atoms with E-state index in [4.69, 9.17) is 4.74 Å². The Balaban J connectivity index is 1.65. The number of fused-ring (bicyclic) bond motifs is 1. The van der Waals surface area contributed by atoms with Crippen LogP contribution in [0.1, 0.15) is 64.2 Å². The van der Waals surface area contributed by atoms with Crippen LogP contribution in [0.15, 0.2) is 65.6 Å². The lowest BCUT2D eigenvalue weighted by Crippen LogP contribution is -2.20. The Kier molecular flexibility index (Phi) is 8.24. The molecular formula is C27H29NO3S2. The van der Waals surface area contributed by atoms with Gasteiger partial charge in [-0.3, -0.25) is 4.79 Å². The third-order valence-corrected chi connectivity index (χ3v) is 8.11. The summed E-state index contributed by atoms with van der Waals surface area (Å²) in [6.07, 6.45) is 5.91. The third kappa shape index (κ3) is 5.87. The molecule has 0 radical (unpaired) electrons. The van der Waals surface area contributed by atoms with Gasteiger partial charge in [-0.2, -0.15) is 0 Å². The van der Waals surface area contributed by atoms with Crippen molar-refractivity contribution in [1.29, 1.82) is 0 Å². The Labute approximate surface area is 203 Å². The average Bonchev–Trinajstić information content (AvgIpc) is 3.02. The van der Waals surface area contributed by atoms with Crippen molar-refractivity contribution in [2.75, 3.05) is 11.9 Å². The van der Waals surface area contributed by atoms with Gasteiger partial charge in [0.15, 0.2) is 0 Å². The minimum Gasteiger partial charge on any atom is -0.462 e. The number of nitrogens with one attached hydrogen (secondary N) is 1. The fourth-order valence-electron chi connectivity index (χ4n) is 4.03. The van der Waals surface area contributed by atoms with Crippen LogP contribution in [0.5, 0.6) is 0 Å². The van der Waals surface area contributed by atoms with Crippen molar-refractivity contribution >= 4 is 40.0 Å². The largest absolute Gasteiger partial charge is 0.462 e. The van der Waals surface area contributed by atoms with E-state index in [1.807, 2.05) is 67.6 Å². The van der Waals surface area contributed by atoms with Crippen LogP contribution in [0.4, 0.5) is 5.00 Å². The van der Waals surface area contributed by atoms with E-state index in [0.717, 1.165) is 54.5 Å². The van der Waals surface area contributed by atoms with Crippen LogP contribution in [0.25, 0.3) is 0 Å². The molecule has 0 saturated carbocycles. The molecule has 6 heteroatoms. The second-order valence-electron chi connectivity index (χ2n) is 8.12. The zero-order chi connectivity index (χ0) is 23.0. The Morgan fingerprint density at radius 3 is 2.42 bits per heavy atom. The predicted molar refractivity (Wildman–Crippen MR) is 136 cm³/mol. The van der Waals surface area contributed by atoms with Crippen molar-refractivity contribution in [3.63, 3.8) is 0 Å². The molecule has 0 aliphatic heterocycles. The van der Waals surface area contributed by atoms with E-state index in [2.05, 4.69) is 5.32 Å². The highest BCUT2D eigenvalue weighted by Gasteiger charge is 2.29. The number of benzene rings is 2. The molecule has 0 spiro atoms. The molecule has 1 amide bonds. The topological polar surface area (TPSA) is 55.4 Å². The first-order valence-corrected chi connectivity index (χ1v) is 13.3. The van der Waals surface area contributed by atoms with Crippen molar-refractivity contribution in [3.05, 3.63) is 82.2 Å². The van der Waals surface area contributed by atoms with Crippen LogP contribution in [0.2, 0.25) is 0 Å². The third-order valence-electron chi connectivity index (χ3n) is 5.64. The maximum atomic E-state index is 13.6. The molecule has 0 bridgehead atoms. The first-order chi connectivity index (χ1) is 16.2. The molecular weight excluding hydrogens is 450 g/mol. The Hall–Kier alpha value is -2.57. The van der Waals surface area contributed by atoms with E-state index < -0.39 is 5.25 Å². The molecule has 1 aromatic heterocycles. The number of thioether (sulfide) groups is 1. The van der Waals surface area contributed by atoms with E-state index in [1.165, 1.54) is 16.6 Å². The minimum absolute atomic E-state index is 0.129. The smallest absolute Gasteiger partial charge is 0.341 e. The van der Waals surface area contributed by atoms with Crippen molar-refractivity contribution in [3.8, 4) is 0 Å². The van der Waals surface area contributed by atoms with Crippen molar-refractivity contribution in [1.82, 2.24) is 0 Å². The zero-order valence-electron chi connectivity index (χ0n) is 18.8. The molecule has 1 atom stereocenters. The van der Waals surface area contributed by atoms with Gasteiger partial charge in [-0.1, -0.05) is 61.9 Å². The standard InChI is InChI=1S/C27H29NO3S2/c1-2-18-31-27(30)23-21-16-10-5-11-17-22(21)33-26(23)28-25(29)24(19-12-6-3-7-13-19)32-20-14-8-4-9-15-20/h3-4,6-9,12-15,24H,2,5,10-11,16-18H2,1H3,(H,28,29)/t24-/m1/s1. The molecule has 0 unspecified atom stereocenters. The summed E-state index contributed by atoms with van der Waals surface area (Å²) in [6, 6.07) is 19.7. The maximum absolute atomic E-state index is 13.6. The van der Waals surface area contributed by atoms with Gasteiger partial charge >= 0.3 is 5.97 Å². The van der Waals surface area contributed by atoms with Crippen LogP contribution in [-0.2, 0) is 22.4 Å². The molecule has 3 aromatic rings. The summed E-state index contributed by atoms with van der Waals surface area (Å²) in [5.41, 5.74) is 2.56. The molecule has 1 N–H and O–H groups in total. The molecule has 1 heterocycles. The number of carbonyl (C=O) groups is 2. The number of hydrogen-bond acceptors (Lipinski definition) is 5. The van der Waals surface area contributed by atoms with Crippen molar-refractivity contribution in [2.45, 2.75) is 55.6 Å². The van der Waals surface area contributed by atoms with Gasteiger partial charge in [-0.25, -0.2) is 4.79 Å².